The summed E-state index contributed by atoms with van der Waals surface area (Å²) in [7, 11) is 0. The van der Waals surface area contributed by atoms with Gasteiger partial charge in [-0.15, -0.1) is 12.4 Å². The molecule has 0 unspecified atom stereocenters. The lowest BCUT2D eigenvalue weighted by atomic mass is 9.79. The molecule has 1 heterocycles. The summed E-state index contributed by atoms with van der Waals surface area (Å²) in [4.78, 5) is 23.8. The molecular weight excluding hydrogens is 318 g/mol. The van der Waals surface area contributed by atoms with Gasteiger partial charge >= 0.3 is 0 Å². The van der Waals surface area contributed by atoms with E-state index in [9.17, 15) is 9.59 Å². The van der Waals surface area contributed by atoms with Crippen LogP contribution in [0, 0.1) is 5.41 Å². The number of anilines is 2. The van der Waals surface area contributed by atoms with Gasteiger partial charge in [0, 0.05) is 37.6 Å². The SMILES string of the molecule is CCC(=O)Nc1ccc(NC(=O)C2(CN)CCOCC2)cc1.Cl. The van der Waals surface area contributed by atoms with Crippen molar-refractivity contribution < 1.29 is 14.3 Å². The van der Waals surface area contributed by atoms with Crippen molar-refractivity contribution in [1.82, 2.24) is 0 Å². The van der Waals surface area contributed by atoms with E-state index in [1.165, 1.54) is 0 Å². The zero-order chi connectivity index (χ0) is 16.0. The number of hydrogen-bond donors (Lipinski definition) is 3. The number of nitrogens with two attached hydrogens (primary N) is 1. The Labute approximate surface area is 142 Å². The molecule has 4 N–H and O–H groups in total. The minimum atomic E-state index is -0.548. The molecule has 6 nitrogen and oxygen atoms in total. The number of benzene rings is 1. The third-order valence-corrected chi connectivity index (χ3v) is 4.07. The van der Waals surface area contributed by atoms with Crippen molar-refractivity contribution in [2.24, 2.45) is 11.1 Å². The molecule has 0 atom stereocenters. The number of ether oxygens (including phenoxy) is 1. The third kappa shape index (κ3) is 4.92. The first kappa shape index (κ1) is 19.4. The number of carbonyl (C=O) groups is 2. The fourth-order valence-electron chi connectivity index (χ4n) is 2.44. The van der Waals surface area contributed by atoms with Gasteiger partial charge in [-0.3, -0.25) is 9.59 Å². The molecule has 2 amide bonds. The number of carbonyl (C=O) groups excluding carboxylic acids is 2. The van der Waals surface area contributed by atoms with E-state index in [0.29, 0.717) is 50.4 Å². The van der Waals surface area contributed by atoms with Gasteiger partial charge in [0.15, 0.2) is 0 Å². The van der Waals surface area contributed by atoms with E-state index < -0.39 is 5.41 Å². The molecule has 1 saturated heterocycles. The lowest BCUT2D eigenvalue weighted by Crippen LogP contribution is -2.46. The smallest absolute Gasteiger partial charge is 0.232 e. The monoisotopic (exact) mass is 341 g/mol. The van der Waals surface area contributed by atoms with E-state index in [4.69, 9.17) is 10.5 Å². The lowest BCUT2D eigenvalue weighted by Gasteiger charge is -2.34. The van der Waals surface area contributed by atoms with E-state index in [1.54, 1.807) is 31.2 Å². The van der Waals surface area contributed by atoms with E-state index in [-0.39, 0.29) is 24.2 Å². The predicted molar refractivity (Wildman–Crippen MR) is 92.8 cm³/mol. The van der Waals surface area contributed by atoms with E-state index >= 15 is 0 Å². The van der Waals surface area contributed by atoms with Crippen molar-refractivity contribution in [1.29, 1.82) is 0 Å². The van der Waals surface area contributed by atoms with Crippen LogP contribution in [0.3, 0.4) is 0 Å². The van der Waals surface area contributed by atoms with E-state index in [1.807, 2.05) is 0 Å². The van der Waals surface area contributed by atoms with Crippen LogP contribution in [0.25, 0.3) is 0 Å². The van der Waals surface area contributed by atoms with Crippen LogP contribution in [0.15, 0.2) is 24.3 Å². The first-order valence-electron chi connectivity index (χ1n) is 7.59. The topological polar surface area (TPSA) is 93.5 Å². The normalized spacial score (nSPS) is 16.1. The molecule has 0 spiro atoms. The van der Waals surface area contributed by atoms with Crippen LogP contribution in [0.4, 0.5) is 11.4 Å². The summed E-state index contributed by atoms with van der Waals surface area (Å²) in [5, 5.41) is 5.68. The summed E-state index contributed by atoms with van der Waals surface area (Å²) >= 11 is 0. The molecule has 1 aliphatic rings. The Hall–Kier alpha value is -1.63. The van der Waals surface area contributed by atoms with Gasteiger partial charge in [0.2, 0.25) is 11.8 Å². The molecule has 2 rings (SSSR count). The van der Waals surface area contributed by atoms with Crippen molar-refractivity contribution in [2.45, 2.75) is 26.2 Å². The molecular formula is C16H24ClN3O3. The van der Waals surface area contributed by atoms with Gasteiger partial charge in [0.05, 0.1) is 5.41 Å². The van der Waals surface area contributed by atoms with E-state index in [0.717, 1.165) is 0 Å². The summed E-state index contributed by atoms with van der Waals surface area (Å²) in [5.74, 6) is -0.107. The van der Waals surface area contributed by atoms with Gasteiger partial charge in [-0.25, -0.2) is 0 Å². The predicted octanol–water partition coefficient (Wildman–Crippen LogP) is 2.15. The molecule has 1 fully saturated rings. The summed E-state index contributed by atoms with van der Waals surface area (Å²) < 4.78 is 5.31. The first-order valence-corrected chi connectivity index (χ1v) is 7.59. The minimum Gasteiger partial charge on any atom is -0.381 e. The van der Waals surface area contributed by atoms with Crippen LogP contribution in [0.2, 0.25) is 0 Å². The van der Waals surface area contributed by atoms with Crippen molar-refractivity contribution in [3.63, 3.8) is 0 Å². The van der Waals surface area contributed by atoms with Crippen molar-refractivity contribution in [2.75, 3.05) is 30.4 Å². The van der Waals surface area contributed by atoms with Gasteiger partial charge in [0.25, 0.3) is 0 Å². The number of rotatable bonds is 5. The van der Waals surface area contributed by atoms with Crippen LogP contribution in [-0.2, 0) is 14.3 Å². The average Bonchev–Trinajstić information content (AvgIpc) is 2.57. The van der Waals surface area contributed by atoms with Crippen LogP contribution in [0.1, 0.15) is 26.2 Å². The summed E-state index contributed by atoms with van der Waals surface area (Å²) in [6, 6.07) is 7.07. The molecule has 23 heavy (non-hydrogen) atoms. The van der Waals surface area contributed by atoms with Gasteiger partial charge in [-0.05, 0) is 37.1 Å². The average molecular weight is 342 g/mol. The highest BCUT2D eigenvalue weighted by atomic mass is 35.5. The molecule has 1 aromatic carbocycles. The molecule has 0 bridgehead atoms. The van der Waals surface area contributed by atoms with E-state index in [2.05, 4.69) is 10.6 Å². The fourth-order valence-corrected chi connectivity index (χ4v) is 2.44. The van der Waals surface area contributed by atoms with Gasteiger partial charge in [-0.1, -0.05) is 6.92 Å². The quantitative estimate of drug-likeness (QED) is 0.765. The summed E-state index contributed by atoms with van der Waals surface area (Å²) in [6.07, 6.45) is 1.71. The Kier molecular flexibility index (Phi) is 7.48. The molecule has 128 valence electrons. The van der Waals surface area contributed by atoms with Crippen molar-refractivity contribution in [3.8, 4) is 0 Å². The number of halogens is 1. The molecule has 0 aliphatic carbocycles. The zero-order valence-corrected chi connectivity index (χ0v) is 14.1. The van der Waals surface area contributed by atoms with Gasteiger partial charge < -0.3 is 21.1 Å². The third-order valence-electron chi connectivity index (χ3n) is 4.07. The second-order valence-corrected chi connectivity index (χ2v) is 5.53. The molecule has 7 heteroatoms. The Morgan fingerprint density at radius 1 is 1.13 bits per heavy atom. The fraction of sp³-hybridized carbons (Fsp3) is 0.500. The maximum atomic E-state index is 12.5. The van der Waals surface area contributed by atoms with Crippen molar-refractivity contribution in [3.05, 3.63) is 24.3 Å². The largest absolute Gasteiger partial charge is 0.381 e. The van der Waals surface area contributed by atoms with Crippen LogP contribution < -0.4 is 16.4 Å². The zero-order valence-electron chi connectivity index (χ0n) is 13.3. The second kappa shape index (κ2) is 8.86. The van der Waals surface area contributed by atoms with Gasteiger partial charge in [-0.2, -0.15) is 0 Å². The van der Waals surface area contributed by atoms with Crippen LogP contribution in [0.5, 0.6) is 0 Å². The number of hydrogen-bond acceptors (Lipinski definition) is 4. The minimum absolute atomic E-state index is 0. The maximum absolute atomic E-state index is 12.5. The molecule has 1 aromatic rings. The van der Waals surface area contributed by atoms with Crippen LogP contribution >= 0.6 is 12.4 Å². The highest BCUT2D eigenvalue weighted by Gasteiger charge is 2.38. The Bertz CT molecular complexity index is 528. The highest BCUT2D eigenvalue weighted by molar-refractivity contribution is 5.96. The lowest BCUT2D eigenvalue weighted by molar-refractivity contribution is -0.130. The number of amides is 2. The summed E-state index contributed by atoms with van der Waals surface area (Å²) in [5.41, 5.74) is 6.68. The van der Waals surface area contributed by atoms with Gasteiger partial charge in [0.1, 0.15) is 0 Å². The standard InChI is InChI=1S/C16H23N3O3.ClH/c1-2-14(20)18-12-3-5-13(6-4-12)19-15(21)16(11-17)7-9-22-10-8-16;/h3-6H,2,7-11,17H2,1H3,(H,18,20)(H,19,21);1H. The Morgan fingerprint density at radius 3 is 2.13 bits per heavy atom. The van der Waals surface area contributed by atoms with Crippen LogP contribution in [-0.4, -0.2) is 31.6 Å². The Morgan fingerprint density at radius 2 is 1.65 bits per heavy atom. The maximum Gasteiger partial charge on any atom is 0.232 e. The summed E-state index contributed by atoms with van der Waals surface area (Å²) in [6.45, 7) is 3.23. The molecule has 1 aliphatic heterocycles. The Balaban J connectivity index is 0.00000264. The second-order valence-electron chi connectivity index (χ2n) is 5.53. The first-order chi connectivity index (χ1) is 10.6. The highest BCUT2D eigenvalue weighted by Crippen LogP contribution is 2.31. The molecule has 0 saturated carbocycles. The van der Waals surface area contributed by atoms with Crippen molar-refractivity contribution >= 4 is 35.6 Å². The molecule has 0 aromatic heterocycles. The number of nitrogens with one attached hydrogen (secondary N) is 2. The molecule has 0 radical (unpaired) electrons.